The van der Waals surface area contributed by atoms with Gasteiger partial charge in [0.1, 0.15) is 0 Å². The van der Waals surface area contributed by atoms with Gasteiger partial charge in [0.15, 0.2) is 0 Å². The van der Waals surface area contributed by atoms with Crippen LogP contribution in [0.15, 0.2) is 53.7 Å². The smallest absolute Gasteiger partial charge is 0.0664 e. The fourth-order valence-electron chi connectivity index (χ4n) is 2.11. The van der Waals surface area contributed by atoms with Gasteiger partial charge in [-0.15, -0.1) is 0 Å². The Bertz CT molecular complexity index is 763. The number of hydrogen-bond donors (Lipinski definition) is 1. The van der Waals surface area contributed by atoms with E-state index in [1.54, 1.807) is 12.1 Å². The van der Waals surface area contributed by atoms with Crippen molar-refractivity contribution in [2.45, 2.75) is 12.8 Å². The second kappa shape index (κ2) is 9.88. The third-order valence-electron chi connectivity index (χ3n) is 3.41. The quantitative estimate of drug-likeness (QED) is 0.294. The van der Waals surface area contributed by atoms with E-state index in [1.165, 1.54) is 0 Å². The van der Waals surface area contributed by atoms with Crippen molar-refractivity contribution in [1.82, 2.24) is 0 Å². The lowest BCUT2D eigenvalue weighted by molar-refractivity contribution is 0.317. The van der Waals surface area contributed by atoms with Crippen LogP contribution in [-0.4, -0.2) is 10.9 Å². The van der Waals surface area contributed by atoms with Gasteiger partial charge in [0.2, 0.25) is 0 Å². The molecule has 0 atom stereocenters. The summed E-state index contributed by atoms with van der Waals surface area (Å²) in [5.74, 6) is 0. The third kappa shape index (κ3) is 5.79. The van der Waals surface area contributed by atoms with E-state index in [9.17, 15) is 0 Å². The lowest BCUT2D eigenvalue weighted by Crippen LogP contribution is -1.94. The predicted octanol–water partition coefficient (Wildman–Crippen LogP) is 7.64. The highest BCUT2D eigenvalue weighted by atomic mass is 35.5. The third-order valence-corrected chi connectivity index (χ3v) is 5.07. The molecule has 130 valence electrons. The number of benzene rings is 2. The first-order valence-electron chi connectivity index (χ1n) is 7.44. The molecule has 0 saturated heterocycles. The average molecular weight is 415 g/mol. The summed E-state index contributed by atoms with van der Waals surface area (Å²) < 4.78 is 0. The van der Waals surface area contributed by atoms with Gasteiger partial charge >= 0.3 is 0 Å². The van der Waals surface area contributed by atoms with E-state index >= 15 is 0 Å². The number of allylic oxidation sites excluding steroid dienone is 2. The molecule has 2 aromatic rings. The summed E-state index contributed by atoms with van der Waals surface area (Å²) in [7, 11) is 0. The van der Waals surface area contributed by atoms with Crippen LogP contribution in [0.1, 0.15) is 24.0 Å². The standard InChI is InChI=1S/C19H15Cl4NO/c20-16-11-3-7-13(18(16)22)5-1-9-15(24-25)10-2-6-14-8-4-12-17(21)19(14)23/h1-8,11-12,25H,9-10H2. The van der Waals surface area contributed by atoms with Crippen molar-refractivity contribution >= 4 is 64.3 Å². The zero-order valence-corrected chi connectivity index (χ0v) is 16.1. The summed E-state index contributed by atoms with van der Waals surface area (Å²) in [6.45, 7) is 0. The maximum atomic E-state index is 9.14. The van der Waals surface area contributed by atoms with E-state index in [1.807, 2.05) is 48.6 Å². The van der Waals surface area contributed by atoms with Crippen molar-refractivity contribution in [2.24, 2.45) is 5.16 Å². The van der Waals surface area contributed by atoms with Gasteiger partial charge in [-0.05, 0) is 23.3 Å². The molecule has 0 aliphatic rings. The molecule has 0 fully saturated rings. The first-order chi connectivity index (χ1) is 12.0. The molecule has 0 unspecified atom stereocenters. The molecule has 0 saturated carbocycles. The fourth-order valence-corrected chi connectivity index (χ4v) is 2.85. The number of rotatable bonds is 6. The second-order valence-electron chi connectivity index (χ2n) is 5.17. The molecule has 0 bridgehead atoms. The van der Waals surface area contributed by atoms with Crippen LogP contribution >= 0.6 is 46.4 Å². The topological polar surface area (TPSA) is 32.6 Å². The van der Waals surface area contributed by atoms with Gasteiger partial charge < -0.3 is 5.21 Å². The van der Waals surface area contributed by atoms with Crippen molar-refractivity contribution in [2.75, 3.05) is 0 Å². The molecule has 0 amide bonds. The molecule has 25 heavy (non-hydrogen) atoms. The predicted molar refractivity (Wildman–Crippen MR) is 109 cm³/mol. The minimum atomic E-state index is 0.479. The van der Waals surface area contributed by atoms with Crippen molar-refractivity contribution in [3.63, 3.8) is 0 Å². The van der Waals surface area contributed by atoms with Gasteiger partial charge in [0, 0.05) is 12.8 Å². The molecule has 2 aromatic carbocycles. The SMILES string of the molecule is ON=C(CC=Cc1cccc(Cl)c1Cl)CC=Cc1cccc(Cl)c1Cl. The Hall–Kier alpha value is -1.45. The normalized spacial score (nSPS) is 11.4. The highest BCUT2D eigenvalue weighted by molar-refractivity contribution is 6.43. The molecule has 2 rings (SSSR count). The number of nitrogens with zero attached hydrogens (tertiary/aromatic N) is 1. The van der Waals surface area contributed by atoms with Crippen molar-refractivity contribution in [3.8, 4) is 0 Å². The minimum absolute atomic E-state index is 0.479. The van der Waals surface area contributed by atoms with Crippen LogP contribution in [0.3, 0.4) is 0 Å². The lowest BCUT2D eigenvalue weighted by Gasteiger charge is -2.01. The van der Waals surface area contributed by atoms with Crippen LogP contribution in [0, 0.1) is 0 Å². The van der Waals surface area contributed by atoms with Gasteiger partial charge in [-0.1, -0.05) is 100 Å². The monoisotopic (exact) mass is 413 g/mol. The maximum absolute atomic E-state index is 9.14. The Labute approximate surface area is 167 Å². The molecule has 2 nitrogen and oxygen atoms in total. The summed E-state index contributed by atoms with van der Waals surface area (Å²) in [5.41, 5.74) is 2.23. The van der Waals surface area contributed by atoms with Gasteiger partial charge in [-0.25, -0.2) is 0 Å². The van der Waals surface area contributed by atoms with Gasteiger partial charge in [0.25, 0.3) is 0 Å². The van der Waals surface area contributed by atoms with Crippen LogP contribution in [-0.2, 0) is 0 Å². The molecular weight excluding hydrogens is 400 g/mol. The van der Waals surface area contributed by atoms with E-state index in [0.29, 0.717) is 38.6 Å². The zero-order valence-electron chi connectivity index (χ0n) is 13.1. The second-order valence-corrected chi connectivity index (χ2v) is 6.74. The maximum Gasteiger partial charge on any atom is 0.0664 e. The van der Waals surface area contributed by atoms with Crippen LogP contribution in [0.4, 0.5) is 0 Å². The summed E-state index contributed by atoms with van der Waals surface area (Å²) in [5, 5.41) is 14.5. The van der Waals surface area contributed by atoms with Gasteiger partial charge in [-0.3, -0.25) is 0 Å². The van der Waals surface area contributed by atoms with E-state index in [4.69, 9.17) is 51.6 Å². The highest BCUT2D eigenvalue weighted by Crippen LogP contribution is 2.27. The van der Waals surface area contributed by atoms with Crippen LogP contribution in [0.2, 0.25) is 20.1 Å². The number of halogens is 4. The average Bonchev–Trinajstić information content (AvgIpc) is 2.60. The largest absolute Gasteiger partial charge is 0.411 e. The summed E-state index contributed by atoms with van der Waals surface area (Å²) in [6, 6.07) is 10.8. The Morgan fingerprint density at radius 1 is 0.800 bits per heavy atom. The van der Waals surface area contributed by atoms with E-state index < -0.39 is 0 Å². The molecule has 0 heterocycles. The summed E-state index contributed by atoms with van der Waals surface area (Å²) >= 11 is 24.2. The molecule has 1 N–H and O–H groups in total. The van der Waals surface area contributed by atoms with Crippen molar-refractivity contribution in [3.05, 3.63) is 79.8 Å². The summed E-state index contributed by atoms with van der Waals surface area (Å²) in [4.78, 5) is 0. The number of hydrogen-bond acceptors (Lipinski definition) is 2. The lowest BCUT2D eigenvalue weighted by atomic mass is 10.1. The number of oxime groups is 1. The highest BCUT2D eigenvalue weighted by Gasteiger charge is 2.02. The van der Waals surface area contributed by atoms with E-state index in [2.05, 4.69) is 5.16 Å². The molecule has 0 radical (unpaired) electrons. The van der Waals surface area contributed by atoms with Crippen LogP contribution in [0.25, 0.3) is 12.2 Å². The van der Waals surface area contributed by atoms with Gasteiger partial charge in [-0.2, -0.15) is 0 Å². The Kier molecular flexibility index (Phi) is 7.86. The Morgan fingerprint density at radius 3 is 1.64 bits per heavy atom. The molecule has 0 aliphatic carbocycles. The van der Waals surface area contributed by atoms with E-state index in [0.717, 1.165) is 11.1 Å². The summed E-state index contributed by atoms with van der Waals surface area (Å²) in [6.07, 6.45) is 8.38. The molecule has 0 spiro atoms. The first kappa shape index (κ1) is 19.9. The molecule has 0 aromatic heterocycles. The Morgan fingerprint density at radius 2 is 1.24 bits per heavy atom. The molecular formula is C19H15Cl4NO. The van der Waals surface area contributed by atoms with E-state index in [-0.39, 0.29) is 0 Å². The minimum Gasteiger partial charge on any atom is -0.411 e. The van der Waals surface area contributed by atoms with Gasteiger partial charge in [0.05, 0.1) is 25.8 Å². The Balaban J connectivity index is 1.97. The molecule has 6 heteroatoms. The fraction of sp³-hybridized carbons (Fsp3) is 0.105. The zero-order chi connectivity index (χ0) is 18.2. The first-order valence-corrected chi connectivity index (χ1v) is 8.95. The van der Waals surface area contributed by atoms with Crippen LogP contribution < -0.4 is 0 Å². The van der Waals surface area contributed by atoms with Crippen molar-refractivity contribution < 1.29 is 5.21 Å². The van der Waals surface area contributed by atoms with Crippen molar-refractivity contribution in [1.29, 1.82) is 0 Å². The molecule has 0 aliphatic heterocycles. The van der Waals surface area contributed by atoms with Crippen LogP contribution in [0.5, 0.6) is 0 Å².